The first-order valence-electron chi connectivity index (χ1n) is 7.24. The van der Waals surface area contributed by atoms with Gasteiger partial charge in [-0.3, -0.25) is 4.98 Å². The van der Waals surface area contributed by atoms with Crippen molar-refractivity contribution in [1.82, 2.24) is 19.9 Å². The molecule has 120 valence electrons. The Kier molecular flexibility index (Phi) is 4.62. The van der Waals surface area contributed by atoms with Crippen molar-refractivity contribution < 1.29 is 5.11 Å². The number of rotatable bonds is 5. The molecule has 1 aromatic carbocycles. The standard InChI is InChI=1S/C17H15N5OS/c1-2-5-12-6-3-7-13(15(12)23)11-19-22-16(20-21-17(22)24)14-8-4-9-18-10-14/h2-4,6-11,23H,1,5H2,(H,21,24). The summed E-state index contributed by atoms with van der Waals surface area (Å²) in [5, 5.41) is 21.6. The number of aromatic amines is 1. The largest absolute Gasteiger partial charge is 0.507 e. The van der Waals surface area contributed by atoms with Crippen LogP contribution in [0.4, 0.5) is 0 Å². The SMILES string of the molecule is C=CCc1cccc(C=Nn2c(-c3cccnc3)n[nH]c2=S)c1O. The minimum Gasteiger partial charge on any atom is -0.507 e. The molecule has 0 amide bonds. The van der Waals surface area contributed by atoms with Crippen molar-refractivity contribution in [3.63, 3.8) is 0 Å². The molecule has 0 radical (unpaired) electrons. The van der Waals surface area contributed by atoms with Crippen molar-refractivity contribution in [1.29, 1.82) is 0 Å². The third-order valence-corrected chi connectivity index (χ3v) is 3.66. The predicted octanol–water partition coefficient (Wildman–Crippen LogP) is 3.32. The first-order valence-corrected chi connectivity index (χ1v) is 7.65. The number of hydrogen-bond donors (Lipinski definition) is 2. The predicted molar refractivity (Wildman–Crippen MR) is 95.6 cm³/mol. The smallest absolute Gasteiger partial charge is 0.216 e. The summed E-state index contributed by atoms with van der Waals surface area (Å²) in [4.78, 5) is 4.07. The number of hydrogen-bond acceptors (Lipinski definition) is 5. The lowest BCUT2D eigenvalue weighted by atomic mass is 10.1. The molecule has 0 aliphatic heterocycles. The molecule has 2 aromatic heterocycles. The second-order valence-electron chi connectivity index (χ2n) is 5.00. The van der Waals surface area contributed by atoms with Gasteiger partial charge in [0.1, 0.15) is 5.75 Å². The van der Waals surface area contributed by atoms with Gasteiger partial charge in [-0.2, -0.15) is 14.9 Å². The lowest BCUT2D eigenvalue weighted by Gasteiger charge is -2.05. The molecule has 0 saturated carbocycles. The van der Waals surface area contributed by atoms with E-state index in [1.807, 2.05) is 24.3 Å². The molecule has 0 unspecified atom stereocenters. The maximum Gasteiger partial charge on any atom is 0.216 e. The van der Waals surface area contributed by atoms with Crippen LogP contribution in [0.3, 0.4) is 0 Å². The number of phenolic OH excluding ortho intramolecular Hbond substituents is 1. The highest BCUT2D eigenvalue weighted by Gasteiger charge is 2.09. The second-order valence-corrected chi connectivity index (χ2v) is 5.38. The Morgan fingerprint density at radius 3 is 2.96 bits per heavy atom. The van der Waals surface area contributed by atoms with Crippen LogP contribution in [0.1, 0.15) is 11.1 Å². The molecule has 0 aliphatic carbocycles. The Morgan fingerprint density at radius 1 is 1.33 bits per heavy atom. The van der Waals surface area contributed by atoms with Crippen molar-refractivity contribution in [2.75, 3.05) is 0 Å². The van der Waals surface area contributed by atoms with Crippen LogP contribution < -0.4 is 0 Å². The van der Waals surface area contributed by atoms with Gasteiger partial charge in [-0.15, -0.1) is 6.58 Å². The fourth-order valence-corrected chi connectivity index (χ4v) is 2.42. The van der Waals surface area contributed by atoms with Crippen LogP contribution in [0.25, 0.3) is 11.4 Å². The average Bonchev–Trinajstić information content (AvgIpc) is 2.97. The zero-order valence-corrected chi connectivity index (χ0v) is 13.6. The Balaban J connectivity index is 2.00. The number of para-hydroxylation sites is 1. The van der Waals surface area contributed by atoms with Crippen LogP contribution in [0.15, 0.2) is 60.5 Å². The Bertz CT molecular complexity index is 943. The van der Waals surface area contributed by atoms with Gasteiger partial charge in [-0.1, -0.05) is 18.2 Å². The lowest BCUT2D eigenvalue weighted by Crippen LogP contribution is -1.96. The van der Waals surface area contributed by atoms with Crippen LogP contribution in [0.2, 0.25) is 0 Å². The fraction of sp³-hybridized carbons (Fsp3) is 0.0588. The molecular weight excluding hydrogens is 322 g/mol. The number of pyridine rings is 1. The van der Waals surface area contributed by atoms with Crippen molar-refractivity contribution in [2.24, 2.45) is 5.10 Å². The van der Waals surface area contributed by atoms with Crippen LogP contribution in [0, 0.1) is 4.77 Å². The van der Waals surface area contributed by atoms with Crippen LogP contribution in [0.5, 0.6) is 5.75 Å². The molecule has 6 nitrogen and oxygen atoms in total. The van der Waals surface area contributed by atoms with Crippen molar-refractivity contribution >= 4 is 18.4 Å². The maximum absolute atomic E-state index is 10.3. The summed E-state index contributed by atoms with van der Waals surface area (Å²) < 4.78 is 1.85. The van der Waals surface area contributed by atoms with Gasteiger partial charge in [-0.05, 0) is 42.4 Å². The van der Waals surface area contributed by atoms with Gasteiger partial charge in [-0.25, -0.2) is 5.10 Å². The van der Waals surface area contributed by atoms with E-state index in [-0.39, 0.29) is 5.75 Å². The van der Waals surface area contributed by atoms with Gasteiger partial charge in [0.25, 0.3) is 0 Å². The average molecular weight is 337 g/mol. The van der Waals surface area contributed by atoms with E-state index in [1.165, 1.54) is 4.68 Å². The van der Waals surface area contributed by atoms with Crippen molar-refractivity contribution in [3.05, 3.63) is 71.3 Å². The number of nitrogens with one attached hydrogen (secondary N) is 1. The van der Waals surface area contributed by atoms with Gasteiger partial charge < -0.3 is 5.11 Å². The number of phenols is 1. The van der Waals surface area contributed by atoms with Crippen LogP contribution in [-0.2, 0) is 6.42 Å². The van der Waals surface area contributed by atoms with Crippen LogP contribution in [-0.4, -0.2) is 31.2 Å². The van der Waals surface area contributed by atoms with E-state index < -0.39 is 0 Å². The van der Waals surface area contributed by atoms with Gasteiger partial charge in [0.15, 0.2) is 5.82 Å². The van der Waals surface area contributed by atoms with E-state index in [0.29, 0.717) is 22.6 Å². The van der Waals surface area contributed by atoms with Crippen molar-refractivity contribution in [2.45, 2.75) is 6.42 Å². The quantitative estimate of drug-likeness (QED) is 0.425. The zero-order valence-electron chi connectivity index (χ0n) is 12.8. The number of H-pyrrole nitrogens is 1. The fourth-order valence-electron chi connectivity index (χ4n) is 2.24. The summed E-state index contributed by atoms with van der Waals surface area (Å²) in [6.07, 6.45) is 7.23. The van der Waals surface area contributed by atoms with E-state index in [2.05, 4.69) is 26.9 Å². The maximum atomic E-state index is 10.3. The van der Waals surface area contributed by atoms with Crippen LogP contribution >= 0.6 is 12.2 Å². The highest BCUT2D eigenvalue weighted by atomic mass is 32.1. The van der Waals surface area contributed by atoms with E-state index in [0.717, 1.165) is 11.1 Å². The minimum atomic E-state index is 0.180. The molecule has 0 aliphatic rings. The molecular formula is C17H15N5OS. The molecule has 7 heteroatoms. The second kappa shape index (κ2) is 7.01. The number of benzene rings is 1. The number of nitrogens with zero attached hydrogens (tertiary/aromatic N) is 4. The molecule has 3 aromatic rings. The summed E-state index contributed by atoms with van der Waals surface area (Å²) in [5.74, 6) is 0.727. The summed E-state index contributed by atoms with van der Waals surface area (Å²) in [5.41, 5.74) is 2.17. The molecule has 3 rings (SSSR count). The summed E-state index contributed by atoms with van der Waals surface area (Å²) >= 11 is 5.22. The molecule has 0 fully saturated rings. The monoisotopic (exact) mass is 337 g/mol. The Hall–Kier alpha value is -3.06. The molecule has 0 atom stereocenters. The highest BCUT2D eigenvalue weighted by Crippen LogP contribution is 2.22. The molecule has 0 bridgehead atoms. The van der Waals surface area contributed by atoms with Gasteiger partial charge >= 0.3 is 0 Å². The summed E-state index contributed by atoms with van der Waals surface area (Å²) in [6, 6.07) is 9.16. The zero-order chi connectivity index (χ0) is 16.9. The van der Waals surface area contributed by atoms with Gasteiger partial charge in [0.05, 0.1) is 6.21 Å². The number of allylic oxidation sites excluding steroid dienone is 1. The molecule has 2 heterocycles. The van der Waals surface area contributed by atoms with Gasteiger partial charge in [0.2, 0.25) is 4.77 Å². The molecule has 24 heavy (non-hydrogen) atoms. The molecule has 2 N–H and O–H groups in total. The summed E-state index contributed by atoms with van der Waals surface area (Å²) in [7, 11) is 0. The number of aromatic hydroxyl groups is 1. The third-order valence-electron chi connectivity index (χ3n) is 3.40. The Morgan fingerprint density at radius 2 is 2.21 bits per heavy atom. The Labute approximate surface area is 143 Å². The molecule has 0 spiro atoms. The molecule has 0 saturated heterocycles. The van der Waals surface area contributed by atoms with Crippen molar-refractivity contribution in [3.8, 4) is 17.1 Å². The first-order chi connectivity index (χ1) is 11.7. The normalized spacial score (nSPS) is 11.0. The van der Waals surface area contributed by atoms with Gasteiger partial charge in [0, 0.05) is 23.5 Å². The summed E-state index contributed by atoms with van der Waals surface area (Å²) in [6.45, 7) is 3.69. The topological polar surface area (TPSA) is 79.1 Å². The van der Waals surface area contributed by atoms with E-state index >= 15 is 0 Å². The van der Waals surface area contributed by atoms with E-state index in [9.17, 15) is 5.11 Å². The third kappa shape index (κ3) is 3.16. The minimum absolute atomic E-state index is 0.180. The van der Waals surface area contributed by atoms with E-state index in [1.54, 1.807) is 30.8 Å². The van der Waals surface area contributed by atoms with E-state index in [4.69, 9.17) is 12.2 Å². The first kappa shape index (κ1) is 15.8. The lowest BCUT2D eigenvalue weighted by molar-refractivity contribution is 0.469. The number of aromatic nitrogens is 4. The highest BCUT2D eigenvalue weighted by molar-refractivity contribution is 7.71.